The van der Waals surface area contributed by atoms with E-state index in [-0.39, 0.29) is 18.0 Å². The lowest BCUT2D eigenvalue weighted by Gasteiger charge is -2.39. The van der Waals surface area contributed by atoms with E-state index in [1.807, 2.05) is 41.9 Å². The summed E-state index contributed by atoms with van der Waals surface area (Å²) in [4.78, 5) is 9.18. The Morgan fingerprint density at radius 2 is 1.58 bits per heavy atom. The minimum Gasteiger partial charge on any atom is -0.371 e. The van der Waals surface area contributed by atoms with Gasteiger partial charge in [-0.05, 0) is 134 Å². The molecule has 57 heavy (non-hydrogen) atoms. The molecule has 0 spiro atoms. The molecule has 2 heterocycles. The van der Waals surface area contributed by atoms with Crippen LogP contribution in [0.5, 0.6) is 5.75 Å². The molecule has 0 radical (unpaired) electrons. The summed E-state index contributed by atoms with van der Waals surface area (Å²) >= 11 is 2.30. The predicted molar refractivity (Wildman–Crippen MR) is 219 cm³/mol. The first-order valence-corrected chi connectivity index (χ1v) is 21.7. The van der Waals surface area contributed by atoms with E-state index in [0.29, 0.717) is 17.7 Å². The molecule has 3 aromatic carbocycles. The van der Waals surface area contributed by atoms with Gasteiger partial charge in [0.25, 0.3) is 9.84 Å². The monoisotopic (exact) mass is 843 g/mol. The molecule has 7 rings (SSSR count). The number of nitrogens with one attached hydrogen (secondary N) is 2. The Kier molecular flexibility index (Phi) is 12.3. The highest BCUT2D eigenvalue weighted by atomic mass is 32.2. The molecule has 0 saturated carbocycles. The number of benzene rings is 3. The van der Waals surface area contributed by atoms with Gasteiger partial charge >= 0.3 is 5.51 Å². The van der Waals surface area contributed by atoms with Crippen molar-refractivity contribution >= 4 is 50.7 Å². The molecule has 16 heteroatoms. The van der Waals surface area contributed by atoms with Crippen LogP contribution in [0, 0.1) is 12.7 Å². The molecule has 0 bridgehead atoms. The minimum absolute atomic E-state index is 0.149. The Labute approximate surface area is 337 Å². The third-order valence-electron chi connectivity index (χ3n) is 10.6. The third-order valence-corrected chi connectivity index (χ3v) is 14.1. The summed E-state index contributed by atoms with van der Waals surface area (Å²) in [5, 5.41) is -0.495. The molecule has 2 N–H and O–H groups in total. The molecule has 1 saturated heterocycles. The van der Waals surface area contributed by atoms with Gasteiger partial charge in [0.1, 0.15) is 5.82 Å². The van der Waals surface area contributed by atoms with Crippen molar-refractivity contribution in [3.8, 4) is 17.0 Å². The predicted octanol–water partition coefficient (Wildman–Crippen LogP) is 9.99. The van der Waals surface area contributed by atoms with E-state index >= 15 is 0 Å². The molecule has 1 fully saturated rings. The van der Waals surface area contributed by atoms with Crippen molar-refractivity contribution in [2.75, 3.05) is 35.8 Å². The van der Waals surface area contributed by atoms with Crippen LogP contribution in [0.2, 0.25) is 0 Å². The lowest BCUT2D eigenvalue weighted by atomic mass is 9.94. The fourth-order valence-electron chi connectivity index (χ4n) is 7.43. The van der Waals surface area contributed by atoms with E-state index in [9.17, 15) is 30.5 Å². The number of hydrogen-bond acceptors (Lipinski definition) is 9. The zero-order valence-electron chi connectivity index (χ0n) is 31.2. The highest BCUT2D eigenvalue weighted by molar-refractivity contribution is 8.01. The second-order valence-electron chi connectivity index (χ2n) is 14.1. The highest BCUT2D eigenvalue weighted by Crippen LogP contribution is 2.44. The molecule has 2 aliphatic carbocycles. The summed E-state index contributed by atoms with van der Waals surface area (Å²) in [6, 6.07) is 22.0. The van der Waals surface area contributed by atoms with Crippen molar-refractivity contribution in [2.45, 2.75) is 54.3 Å². The van der Waals surface area contributed by atoms with Gasteiger partial charge in [-0.2, -0.15) is 13.2 Å². The number of anilines is 2. The Morgan fingerprint density at radius 3 is 2.25 bits per heavy atom. The van der Waals surface area contributed by atoms with Crippen LogP contribution in [-0.4, -0.2) is 60.9 Å². The van der Waals surface area contributed by atoms with Gasteiger partial charge in [0.15, 0.2) is 0 Å². The average molecular weight is 844 g/mol. The normalized spacial score (nSPS) is 19.2. The number of allylic oxidation sites excluding steroid dienone is 4. The fourth-order valence-corrected chi connectivity index (χ4v) is 10.5. The Balaban J connectivity index is 0.975. The molecule has 2 unspecified atom stereocenters. The van der Waals surface area contributed by atoms with E-state index < -0.39 is 31.5 Å². The van der Waals surface area contributed by atoms with E-state index in [2.05, 4.69) is 36.3 Å². The van der Waals surface area contributed by atoms with Crippen molar-refractivity contribution in [1.82, 2.24) is 14.2 Å². The molecule has 3 aliphatic rings. The summed E-state index contributed by atoms with van der Waals surface area (Å²) in [7, 11) is -3.69. The summed E-state index contributed by atoms with van der Waals surface area (Å²) in [5.74, 6) is -0.201. The fraction of sp³-hybridized carbons (Fsp3) is 0.317. The van der Waals surface area contributed by atoms with E-state index in [1.54, 1.807) is 43.3 Å². The van der Waals surface area contributed by atoms with Crippen LogP contribution in [0.3, 0.4) is 0 Å². The van der Waals surface area contributed by atoms with Gasteiger partial charge in [-0.25, -0.2) is 12.8 Å². The van der Waals surface area contributed by atoms with Crippen LogP contribution in [0.4, 0.5) is 33.5 Å². The van der Waals surface area contributed by atoms with Crippen molar-refractivity contribution in [3.63, 3.8) is 0 Å². The van der Waals surface area contributed by atoms with Crippen molar-refractivity contribution in [2.24, 2.45) is 7.05 Å². The first-order chi connectivity index (χ1) is 27.3. The summed E-state index contributed by atoms with van der Waals surface area (Å²) < 4.78 is 102. The maximum absolute atomic E-state index is 14.1. The molecule has 1 aromatic heterocycles. The summed E-state index contributed by atoms with van der Waals surface area (Å²) in [6.07, 6.45) is 7.72. The Morgan fingerprint density at radius 1 is 0.895 bits per heavy atom. The van der Waals surface area contributed by atoms with Crippen LogP contribution >= 0.6 is 23.9 Å². The number of halogens is 5. The molecule has 1 aliphatic heterocycles. The van der Waals surface area contributed by atoms with Crippen molar-refractivity contribution in [3.05, 3.63) is 125 Å². The van der Waals surface area contributed by atoms with E-state index in [1.165, 1.54) is 30.2 Å². The molecule has 302 valence electrons. The van der Waals surface area contributed by atoms with Gasteiger partial charge in [-0.15, -0.1) is 0 Å². The van der Waals surface area contributed by atoms with Gasteiger partial charge in [0.2, 0.25) is 5.75 Å². The molecular formula is C41H42F5N5O3S3. The zero-order valence-corrected chi connectivity index (χ0v) is 33.7. The van der Waals surface area contributed by atoms with Crippen LogP contribution < -0.4 is 19.3 Å². The van der Waals surface area contributed by atoms with Crippen LogP contribution in [0.25, 0.3) is 16.8 Å². The maximum atomic E-state index is 14.1. The molecule has 0 amide bonds. The van der Waals surface area contributed by atoms with Gasteiger partial charge in [-0.1, -0.05) is 30.4 Å². The number of alkyl halides is 3. The smallest absolute Gasteiger partial charge is 0.371 e. The topological polar surface area (TPSA) is 78.8 Å². The highest BCUT2D eigenvalue weighted by Gasteiger charge is 2.51. The molecule has 2 atom stereocenters. The van der Waals surface area contributed by atoms with Crippen molar-refractivity contribution in [1.29, 1.82) is 0 Å². The third kappa shape index (κ3) is 8.88. The maximum Gasteiger partial charge on any atom is 0.501 e. The minimum atomic E-state index is -5.53. The van der Waals surface area contributed by atoms with E-state index in [4.69, 9.17) is 0 Å². The number of hydrogen-bond donors (Lipinski definition) is 2. The first kappa shape index (κ1) is 40.8. The second kappa shape index (κ2) is 17.2. The van der Waals surface area contributed by atoms with Crippen LogP contribution in [-0.2, 0) is 16.9 Å². The molecule has 4 aromatic rings. The van der Waals surface area contributed by atoms with Crippen molar-refractivity contribution < 1.29 is 35.4 Å². The van der Waals surface area contributed by atoms with Crippen LogP contribution in [0.1, 0.15) is 36.9 Å². The standard InChI is InChI=1S/C41H42F5N5O3S3/c1-27-40(54-46)38(39(49(27)2)28-11-13-30(42)14-12-28)29-7-6-8-33(25-29)51-23-21-50(22-24-51)32-17-15-31(16-18-32)47-56-35-19-20-36(48-55-34-9-4-3-5-10-34)37(26-35)57(52,53)41(43,44)45/h3-5,7,9-18,25-26,35-36,47-48H,6,8,19-24H2,1-2H3. The summed E-state index contributed by atoms with van der Waals surface area (Å²) in [6.45, 7) is 4.88. The molecule has 8 nitrogen and oxygen atoms in total. The first-order valence-electron chi connectivity index (χ1n) is 18.5. The van der Waals surface area contributed by atoms with Gasteiger partial charge in [0.05, 0.1) is 27.9 Å². The number of sulfone groups is 1. The van der Waals surface area contributed by atoms with Crippen LogP contribution in [0.15, 0.2) is 113 Å². The molecular weight excluding hydrogens is 802 g/mol. The summed E-state index contributed by atoms with van der Waals surface area (Å²) in [5.41, 5.74) is 1.14. The average Bonchev–Trinajstić information content (AvgIpc) is 3.48. The SMILES string of the molecule is Cc1c(OF)c(C2=CCCC(N3CCN(c4ccc(NSC5C=C(S(=O)(=O)C(F)(F)F)C(NSc6ccccc6)CC5)cc4)CC3)=C2)c(-c2ccc(F)cc2)n1C. The number of aromatic nitrogens is 1. The van der Waals surface area contributed by atoms with Gasteiger partial charge in [0, 0.05) is 65.0 Å². The Hall–Kier alpha value is -4.38. The number of rotatable bonds is 12. The largest absolute Gasteiger partial charge is 0.501 e. The van der Waals surface area contributed by atoms with Gasteiger partial charge in [-0.3, -0.25) is 9.66 Å². The quantitative estimate of drug-likeness (QED) is 0.107. The van der Waals surface area contributed by atoms with Gasteiger partial charge < -0.3 is 19.1 Å². The lowest BCUT2D eigenvalue weighted by molar-refractivity contribution is -0.0428. The Bertz CT molecular complexity index is 2250. The lowest BCUT2D eigenvalue weighted by Crippen LogP contribution is -2.46. The second-order valence-corrected chi connectivity index (χ2v) is 18.0. The van der Waals surface area contributed by atoms with E-state index in [0.717, 1.165) is 89.8 Å². The number of nitrogens with zero attached hydrogens (tertiary/aromatic N) is 3. The zero-order chi connectivity index (χ0) is 40.3. The number of piperazine rings is 1.